The highest BCUT2D eigenvalue weighted by Gasteiger charge is 2.07. The third-order valence-corrected chi connectivity index (χ3v) is 3.43. The lowest BCUT2D eigenvalue weighted by atomic mass is 10.2. The van der Waals surface area contributed by atoms with E-state index in [9.17, 15) is 4.79 Å². The third-order valence-electron chi connectivity index (χ3n) is 3.43. The van der Waals surface area contributed by atoms with Crippen molar-refractivity contribution in [3.8, 4) is 11.5 Å². The number of rotatable bonds is 10. The SMILES string of the molecule is COc1ccc(OCc2ccccn2)c(CNCCCC(=O)O)c1. The van der Waals surface area contributed by atoms with Gasteiger partial charge in [-0.05, 0) is 43.3 Å². The van der Waals surface area contributed by atoms with Gasteiger partial charge in [-0.1, -0.05) is 6.07 Å². The van der Waals surface area contributed by atoms with Crippen LogP contribution >= 0.6 is 0 Å². The Balaban J connectivity index is 1.94. The van der Waals surface area contributed by atoms with Crippen LogP contribution in [0, 0.1) is 0 Å². The highest BCUT2D eigenvalue weighted by Crippen LogP contribution is 2.25. The molecule has 128 valence electrons. The zero-order valence-corrected chi connectivity index (χ0v) is 13.7. The second-order valence-corrected chi connectivity index (χ2v) is 5.26. The van der Waals surface area contributed by atoms with Gasteiger partial charge in [-0.3, -0.25) is 9.78 Å². The predicted molar refractivity (Wildman–Crippen MR) is 90.1 cm³/mol. The van der Waals surface area contributed by atoms with E-state index in [2.05, 4.69) is 10.3 Å². The van der Waals surface area contributed by atoms with Crippen LogP contribution in [0.5, 0.6) is 11.5 Å². The van der Waals surface area contributed by atoms with Crippen LogP contribution in [-0.4, -0.2) is 29.7 Å². The number of hydrogen-bond acceptors (Lipinski definition) is 5. The normalized spacial score (nSPS) is 10.4. The zero-order chi connectivity index (χ0) is 17.2. The van der Waals surface area contributed by atoms with E-state index in [4.69, 9.17) is 14.6 Å². The summed E-state index contributed by atoms with van der Waals surface area (Å²) in [4.78, 5) is 14.8. The maximum Gasteiger partial charge on any atom is 0.303 e. The molecule has 0 bridgehead atoms. The molecule has 0 radical (unpaired) electrons. The predicted octanol–water partition coefficient (Wildman–Crippen LogP) is 2.62. The second-order valence-electron chi connectivity index (χ2n) is 5.26. The maximum absolute atomic E-state index is 10.5. The van der Waals surface area contributed by atoms with Gasteiger partial charge in [-0.2, -0.15) is 0 Å². The van der Waals surface area contributed by atoms with Gasteiger partial charge in [-0.25, -0.2) is 0 Å². The number of aromatic nitrogens is 1. The molecule has 6 heteroatoms. The fraction of sp³-hybridized carbons (Fsp3) is 0.333. The van der Waals surface area contributed by atoms with Gasteiger partial charge >= 0.3 is 5.97 Å². The molecule has 0 atom stereocenters. The minimum atomic E-state index is -0.780. The quantitative estimate of drug-likeness (QED) is 0.652. The molecule has 2 N–H and O–H groups in total. The van der Waals surface area contributed by atoms with Crippen LogP contribution < -0.4 is 14.8 Å². The fourth-order valence-electron chi connectivity index (χ4n) is 2.18. The Bertz CT molecular complexity index is 647. The van der Waals surface area contributed by atoms with E-state index >= 15 is 0 Å². The number of pyridine rings is 1. The summed E-state index contributed by atoms with van der Waals surface area (Å²) in [5, 5.41) is 11.9. The Morgan fingerprint density at radius 3 is 2.88 bits per heavy atom. The number of ether oxygens (including phenoxy) is 2. The average Bonchev–Trinajstić information content (AvgIpc) is 2.60. The van der Waals surface area contributed by atoms with Crippen molar-refractivity contribution in [2.24, 2.45) is 0 Å². The fourth-order valence-corrected chi connectivity index (χ4v) is 2.18. The molecule has 1 aromatic heterocycles. The van der Waals surface area contributed by atoms with Gasteiger partial charge in [0.05, 0.1) is 12.8 Å². The molecule has 2 rings (SSSR count). The first kappa shape index (κ1) is 17.7. The molecule has 0 unspecified atom stereocenters. The van der Waals surface area contributed by atoms with Crippen molar-refractivity contribution < 1.29 is 19.4 Å². The first-order valence-electron chi connectivity index (χ1n) is 7.81. The van der Waals surface area contributed by atoms with Gasteiger partial charge in [0.1, 0.15) is 18.1 Å². The molecule has 0 aliphatic carbocycles. The Hall–Kier alpha value is -2.60. The number of benzene rings is 1. The lowest BCUT2D eigenvalue weighted by Gasteiger charge is -2.13. The molecule has 1 heterocycles. The number of hydrogen-bond donors (Lipinski definition) is 2. The molecule has 0 aliphatic heterocycles. The molecule has 6 nitrogen and oxygen atoms in total. The summed E-state index contributed by atoms with van der Waals surface area (Å²) in [6.45, 7) is 1.59. The molecular weight excluding hydrogens is 308 g/mol. The van der Waals surface area contributed by atoms with Gasteiger partial charge in [-0.15, -0.1) is 0 Å². The summed E-state index contributed by atoms with van der Waals surface area (Å²) >= 11 is 0. The molecule has 2 aromatic rings. The first-order chi connectivity index (χ1) is 11.7. The Morgan fingerprint density at radius 1 is 1.29 bits per heavy atom. The van der Waals surface area contributed by atoms with Crippen molar-refractivity contribution in [3.05, 3.63) is 53.9 Å². The Labute approximate surface area is 141 Å². The van der Waals surface area contributed by atoms with Crippen LogP contribution in [0.15, 0.2) is 42.6 Å². The molecule has 0 aliphatic rings. The van der Waals surface area contributed by atoms with Crippen LogP contribution in [0.1, 0.15) is 24.1 Å². The number of carboxylic acids is 1. The largest absolute Gasteiger partial charge is 0.497 e. The van der Waals surface area contributed by atoms with Crippen LogP contribution in [0.3, 0.4) is 0 Å². The molecule has 0 spiro atoms. The van der Waals surface area contributed by atoms with Crippen LogP contribution in [0.4, 0.5) is 0 Å². The molecule has 0 amide bonds. The maximum atomic E-state index is 10.5. The topological polar surface area (TPSA) is 80.7 Å². The van der Waals surface area contributed by atoms with Crippen molar-refractivity contribution in [1.29, 1.82) is 0 Å². The van der Waals surface area contributed by atoms with Gasteiger partial charge in [0.15, 0.2) is 0 Å². The number of aliphatic carboxylic acids is 1. The average molecular weight is 330 g/mol. The summed E-state index contributed by atoms with van der Waals surface area (Å²) < 4.78 is 11.1. The number of nitrogens with one attached hydrogen (secondary N) is 1. The number of nitrogens with zero attached hydrogens (tertiary/aromatic N) is 1. The standard InChI is InChI=1S/C18H22N2O4/c1-23-16-7-8-17(24-13-15-5-2-3-10-20-15)14(11-16)12-19-9-4-6-18(21)22/h2-3,5,7-8,10-11,19H,4,6,9,12-13H2,1H3,(H,21,22). The molecule has 0 fully saturated rings. The molecule has 0 saturated carbocycles. The summed E-state index contributed by atoms with van der Waals surface area (Å²) in [6.07, 6.45) is 2.48. The van der Waals surface area contributed by atoms with Crippen LogP contribution in [-0.2, 0) is 17.9 Å². The van der Waals surface area contributed by atoms with Crippen molar-refractivity contribution >= 4 is 5.97 Å². The van der Waals surface area contributed by atoms with E-state index in [-0.39, 0.29) is 6.42 Å². The molecule has 24 heavy (non-hydrogen) atoms. The van der Waals surface area contributed by atoms with Gasteiger partial charge < -0.3 is 19.9 Å². The lowest BCUT2D eigenvalue weighted by Crippen LogP contribution is -2.16. The van der Waals surface area contributed by atoms with Crippen LogP contribution in [0.2, 0.25) is 0 Å². The van der Waals surface area contributed by atoms with Gasteiger partial charge in [0.2, 0.25) is 0 Å². The van der Waals surface area contributed by atoms with E-state index in [0.717, 1.165) is 22.8 Å². The minimum absolute atomic E-state index is 0.161. The minimum Gasteiger partial charge on any atom is -0.497 e. The summed E-state index contributed by atoms with van der Waals surface area (Å²) in [5.41, 5.74) is 1.81. The first-order valence-corrected chi connectivity index (χ1v) is 7.81. The van der Waals surface area contributed by atoms with Crippen molar-refractivity contribution in [2.75, 3.05) is 13.7 Å². The summed E-state index contributed by atoms with van der Waals surface area (Å²) in [5.74, 6) is 0.729. The molecule has 0 saturated heterocycles. The van der Waals surface area contributed by atoms with Gasteiger partial charge in [0.25, 0.3) is 0 Å². The van der Waals surface area contributed by atoms with Crippen LogP contribution in [0.25, 0.3) is 0 Å². The van der Waals surface area contributed by atoms with Crippen molar-refractivity contribution in [2.45, 2.75) is 26.0 Å². The zero-order valence-electron chi connectivity index (χ0n) is 13.7. The Morgan fingerprint density at radius 2 is 2.17 bits per heavy atom. The van der Waals surface area contributed by atoms with Crippen molar-refractivity contribution in [3.63, 3.8) is 0 Å². The van der Waals surface area contributed by atoms with E-state index in [1.807, 2.05) is 36.4 Å². The van der Waals surface area contributed by atoms with Crippen molar-refractivity contribution in [1.82, 2.24) is 10.3 Å². The summed E-state index contributed by atoms with van der Waals surface area (Å²) in [6, 6.07) is 11.3. The smallest absolute Gasteiger partial charge is 0.303 e. The number of methoxy groups -OCH3 is 1. The van der Waals surface area contributed by atoms with E-state index < -0.39 is 5.97 Å². The summed E-state index contributed by atoms with van der Waals surface area (Å²) in [7, 11) is 1.62. The molecule has 1 aromatic carbocycles. The van der Waals surface area contributed by atoms with E-state index in [1.54, 1.807) is 13.3 Å². The third kappa shape index (κ3) is 5.89. The second kappa shape index (κ2) is 9.52. The van der Waals surface area contributed by atoms with E-state index in [1.165, 1.54) is 0 Å². The lowest BCUT2D eigenvalue weighted by molar-refractivity contribution is -0.137. The Kier molecular flexibility index (Phi) is 7.04. The highest BCUT2D eigenvalue weighted by atomic mass is 16.5. The number of carboxylic acid groups (broad SMARTS) is 1. The van der Waals surface area contributed by atoms with E-state index in [0.29, 0.717) is 26.1 Å². The highest BCUT2D eigenvalue weighted by molar-refractivity contribution is 5.66. The molecular formula is C18H22N2O4. The monoisotopic (exact) mass is 330 g/mol. The van der Waals surface area contributed by atoms with Gasteiger partial charge in [0, 0.05) is 24.7 Å². The number of carbonyl (C=O) groups is 1.